The number of benzene rings is 1. The highest BCUT2D eigenvalue weighted by Gasteiger charge is 2.36. The predicted octanol–water partition coefficient (Wildman–Crippen LogP) is 3.20. The molecule has 0 spiro atoms. The Labute approximate surface area is 131 Å². The number of amides is 1. The second-order valence-corrected chi connectivity index (χ2v) is 5.91. The monoisotopic (exact) mass is 325 g/mol. The van der Waals surface area contributed by atoms with Gasteiger partial charge in [-0.15, -0.1) is 0 Å². The third-order valence-corrected chi connectivity index (χ3v) is 3.85. The Bertz CT molecular complexity index is 630. The Morgan fingerprint density at radius 3 is 2.81 bits per heavy atom. The van der Waals surface area contributed by atoms with Crippen LogP contribution in [-0.2, 0) is 4.79 Å². The van der Waals surface area contributed by atoms with Gasteiger partial charge in [-0.3, -0.25) is 4.79 Å². The zero-order valence-electron chi connectivity index (χ0n) is 11.1. The maximum Gasteiger partial charge on any atom is 0.256 e. The molecule has 3 rings (SSSR count). The first-order valence-electron chi connectivity index (χ1n) is 6.64. The normalized spacial score (nSPS) is 18.4. The van der Waals surface area contributed by atoms with Crippen LogP contribution in [0.1, 0.15) is 24.8 Å². The minimum Gasteiger partial charge on any atom is -0.337 e. The van der Waals surface area contributed by atoms with E-state index in [4.69, 9.17) is 27.7 Å². The number of hydrogen-bond acceptors (Lipinski definition) is 4. The molecule has 1 aliphatic rings. The molecule has 7 heteroatoms. The van der Waals surface area contributed by atoms with Crippen molar-refractivity contribution in [1.29, 1.82) is 0 Å². The minimum absolute atomic E-state index is 0.248. The van der Waals surface area contributed by atoms with Gasteiger partial charge in [-0.05, 0) is 12.8 Å². The van der Waals surface area contributed by atoms with Crippen LogP contribution in [0.4, 0.5) is 0 Å². The van der Waals surface area contributed by atoms with Crippen molar-refractivity contribution in [1.82, 2.24) is 15.0 Å². The van der Waals surface area contributed by atoms with Crippen molar-refractivity contribution in [3.63, 3.8) is 0 Å². The quantitative estimate of drug-likeness (QED) is 0.813. The predicted molar refractivity (Wildman–Crippen MR) is 78.9 cm³/mol. The maximum absolute atomic E-state index is 12.0. The lowest BCUT2D eigenvalue weighted by molar-refractivity contribution is -0.130. The summed E-state index contributed by atoms with van der Waals surface area (Å²) in [6, 6.07) is 9.29. The number of likely N-dealkylation sites (tertiary alicyclic amines) is 1. The highest BCUT2D eigenvalue weighted by atomic mass is 35.5. The van der Waals surface area contributed by atoms with E-state index in [0.717, 1.165) is 18.4 Å². The smallest absolute Gasteiger partial charge is 0.256 e. The Balaban J connectivity index is 1.84. The van der Waals surface area contributed by atoms with Crippen LogP contribution in [0.25, 0.3) is 11.4 Å². The van der Waals surface area contributed by atoms with E-state index in [2.05, 4.69) is 10.1 Å². The minimum atomic E-state index is -1.07. The summed E-state index contributed by atoms with van der Waals surface area (Å²) in [7, 11) is 0. The molecule has 1 fully saturated rings. The van der Waals surface area contributed by atoms with E-state index in [1.165, 1.54) is 0 Å². The van der Waals surface area contributed by atoms with Crippen molar-refractivity contribution in [2.24, 2.45) is 0 Å². The van der Waals surface area contributed by atoms with Crippen molar-refractivity contribution in [3.05, 3.63) is 36.2 Å². The van der Waals surface area contributed by atoms with Crippen LogP contribution in [-0.4, -0.2) is 32.3 Å². The number of aromatic nitrogens is 2. The number of carbonyl (C=O) groups excluding carboxylic acids is 1. The SMILES string of the molecule is O=C(C(Cl)Cl)N1CCCC1c1nc(-c2ccccc2)no1. The third-order valence-electron chi connectivity index (χ3n) is 3.48. The molecule has 1 atom stereocenters. The lowest BCUT2D eigenvalue weighted by Crippen LogP contribution is -2.34. The van der Waals surface area contributed by atoms with E-state index < -0.39 is 4.84 Å². The van der Waals surface area contributed by atoms with Gasteiger partial charge in [-0.1, -0.05) is 58.7 Å². The zero-order chi connectivity index (χ0) is 14.8. The first-order valence-corrected chi connectivity index (χ1v) is 7.52. The molecule has 110 valence electrons. The fourth-order valence-electron chi connectivity index (χ4n) is 2.49. The average molecular weight is 326 g/mol. The van der Waals surface area contributed by atoms with Crippen LogP contribution in [0.5, 0.6) is 0 Å². The molecule has 21 heavy (non-hydrogen) atoms. The number of halogens is 2. The molecule has 1 unspecified atom stereocenters. The van der Waals surface area contributed by atoms with Crippen LogP contribution in [0.2, 0.25) is 0 Å². The Kier molecular flexibility index (Phi) is 4.12. The average Bonchev–Trinajstić information content (AvgIpc) is 3.16. The van der Waals surface area contributed by atoms with Gasteiger partial charge in [0.1, 0.15) is 6.04 Å². The van der Waals surface area contributed by atoms with Gasteiger partial charge >= 0.3 is 0 Å². The summed E-state index contributed by atoms with van der Waals surface area (Å²) in [5.41, 5.74) is 0.871. The highest BCUT2D eigenvalue weighted by Crippen LogP contribution is 2.33. The van der Waals surface area contributed by atoms with Crippen molar-refractivity contribution in [2.75, 3.05) is 6.54 Å². The van der Waals surface area contributed by atoms with Crippen LogP contribution in [0.15, 0.2) is 34.9 Å². The molecular formula is C14H13Cl2N3O2. The molecule has 1 amide bonds. The number of nitrogens with zero attached hydrogens (tertiary/aromatic N) is 3. The molecule has 1 aromatic heterocycles. The first-order chi connectivity index (χ1) is 10.2. The molecule has 0 bridgehead atoms. The topological polar surface area (TPSA) is 59.2 Å². The molecule has 5 nitrogen and oxygen atoms in total. The molecule has 0 saturated carbocycles. The molecule has 0 aliphatic carbocycles. The lowest BCUT2D eigenvalue weighted by Gasteiger charge is -2.22. The fraction of sp³-hybridized carbons (Fsp3) is 0.357. The van der Waals surface area contributed by atoms with Crippen molar-refractivity contribution in [2.45, 2.75) is 23.7 Å². The standard InChI is InChI=1S/C14H13Cl2N3O2/c15-11(16)14(20)19-8-4-7-10(19)13-17-12(18-21-13)9-5-2-1-3-6-9/h1-3,5-6,10-11H,4,7-8H2. The molecule has 1 aliphatic heterocycles. The number of rotatable bonds is 3. The largest absolute Gasteiger partial charge is 0.337 e. The Morgan fingerprint density at radius 1 is 1.33 bits per heavy atom. The van der Waals surface area contributed by atoms with Gasteiger partial charge < -0.3 is 9.42 Å². The van der Waals surface area contributed by atoms with Gasteiger partial charge in [0.05, 0.1) is 0 Å². The van der Waals surface area contributed by atoms with Crippen LogP contribution in [0.3, 0.4) is 0 Å². The number of hydrogen-bond donors (Lipinski definition) is 0. The molecule has 2 heterocycles. The molecular weight excluding hydrogens is 313 g/mol. The van der Waals surface area contributed by atoms with Crippen LogP contribution in [0, 0.1) is 0 Å². The van der Waals surface area contributed by atoms with Crippen LogP contribution >= 0.6 is 23.2 Å². The van der Waals surface area contributed by atoms with Crippen molar-refractivity contribution >= 4 is 29.1 Å². The van der Waals surface area contributed by atoms with Gasteiger partial charge in [0.15, 0.2) is 4.84 Å². The van der Waals surface area contributed by atoms with E-state index in [-0.39, 0.29) is 11.9 Å². The second kappa shape index (κ2) is 6.03. The van der Waals surface area contributed by atoms with Gasteiger partial charge in [0.2, 0.25) is 11.7 Å². The van der Waals surface area contributed by atoms with Crippen molar-refractivity contribution < 1.29 is 9.32 Å². The van der Waals surface area contributed by atoms with Crippen molar-refractivity contribution in [3.8, 4) is 11.4 Å². The molecule has 0 radical (unpaired) electrons. The molecule has 0 N–H and O–H groups in total. The summed E-state index contributed by atoms with van der Waals surface area (Å²) >= 11 is 11.3. The van der Waals surface area contributed by atoms with Gasteiger partial charge in [0, 0.05) is 12.1 Å². The lowest BCUT2D eigenvalue weighted by atomic mass is 10.2. The second-order valence-electron chi connectivity index (χ2n) is 4.81. The van der Waals surface area contributed by atoms with Gasteiger partial charge in [-0.2, -0.15) is 4.98 Å². The van der Waals surface area contributed by atoms with E-state index in [1.54, 1.807) is 4.90 Å². The van der Waals surface area contributed by atoms with E-state index in [0.29, 0.717) is 18.3 Å². The summed E-state index contributed by atoms with van der Waals surface area (Å²) in [5, 5.41) is 3.98. The fourth-order valence-corrected chi connectivity index (χ4v) is 2.74. The zero-order valence-corrected chi connectivity index (χ0v) is 12.6. The Hall–Kier alpha value is -1.59. The Morgan fingerprint density at radius 2 is 2.10 bits per heavy atom. The summed E-state index contributed by atoms with van der Waals surface area (Å²) in [6.07, 6.45) is 1.63. The van der Waals surface area contributed by atoms with E-state index >= 15 is 0 Å². The summed E-state index contributed by atoms with van der Waals surface area (Å²) in [5.74, 6) is 0.618. The third kappa shape index (κ3) is 2.89. The molecule has 1 aromatic carbocycles. The van der Waals surface area contributed by atoms with Crippen LogP contribution < -0.4 is 0 Å². The highest BCUT2D eigenvalue weighted by molar-refractivity contribution is 6.53. The molecule has 2 aromatic rings. The van der Waals surface area contributed by atoms with Gasteiger partial charge in [0.25, 0.3) is 5.91 Å². The van der Waals surface area contributed by atoms with E-state index in [9.17, 15) is 4.79 Å². The number of alkyl halides is 2. The first kappa shape index (κ1) is 14.4. The van der Waals surface area contributed by atoms with Gasteiger partial charge in [-0.25, -0.2) is 0 Å². The maximum atomic E-state index is 12.0. The summed E-state index contributed by atoms with van der Waals surface area (Å²) < 4.78 is 5.32. The molecule has 1 saturated heterocycles. The number of carbonyl (C=O) groups is 1. The summed E-state index contributed by atoms with van der Waals surface area (Å²) in [6.45, 7) is 0.600. The van der Waals surface area contributed by atoms with E-state index in [1.807, 2.05) is 30.3 Å². The summed E-state index contributed by atoms with van der Waals surface area (Å²) in [4.78, 5) is 16.9.